The Bertz CT molecular complexity index is 1200. The van der Waals surface area contributed by atoms with Crippen molar-refractivity contribution in [2.24, 2.45) is 0 Å². The Morgan fingerprint density at radius 1 is 1.18 bits per heavy atom. The summed E-state index contributed by atoms with van der Waals surface area (Å²) in [5, 5.41) is 5.15. The van der Waals surface area contributed by atoms with E-state index in [9.17, 15) is 4.79 Å². The summed E-state index contributed by atoms with van der Waals surface area (Å²) >= 11 is 7.67. The first-order valence-corrected chi connectivity index (χ1v) is 9.78. The Kier molecular flexibility index (Phi) is 4.78. The summed E-state index contributed by atoms with van der Waals surface area (Å²) < 4.78 is 5.35. The van der Waals surface area contributed by atoms with E-state index in [4.69, 9.17) is 16.1 Å². The van der Waals surface area contributed by atoms with Gasteiger partial charge in [-0.25, -0.2) is 4.98 Å². The largest absolute Gasteiger partial charge is 0.335 e. The lowest BCUT2D eigenvalue weighted by Gasteiger charge is -2.10. The summed E-state index contributed by atoms with van der Waals surface area (Å²) in [7, 11) is 0. The van der Waals surface area contributed by atoms with Crippen molar-refractivity contribution in [3.8, 4) is 11.3 Å². The Balaban J connectivity index is 1.73. The van der Waals surface area contributed by atoms with Gasteiger partial charge in [0.2, 0.25) is 0 Å². The zero-order valence-corrected chi connectivity index (χ0v) is 17.0. The molecule has 0 atom stereocenters. The van der Waals surface area contributed by atoms with E-state index < -0.39 is 0 Å². The second-order valence-corrected chi connectivity index (χ2v) is 8.32. The van der Waals surface area contributed by atoms with E-state index in [-0.39, 0.29) is 5.91 Å². The number of nitrogens with one attached hydrogen (secondary N) is 2. The van der Waals surface area contributed by atoms with E-state index in [0.29, 0.717) is 38.8 Å². The number of thiophene rings is 1. The zero-order chi connectivity index (χ0) is 19.8. The van der Waals surface area contributed by atoms with Gasteiger partial charge >= 0.3 is 0 Å². The SMILES string of the molecule is Cc1cc(-c2cc(C(=O)NNc3cccc(Cl)c3)c3c(C)noc3n2)c(C)s1. The second-order valence-electron chi connectivity index (χ2n) is 6.42. The van der Waals surface area contributed by atoms with Crippen molar-refractivity contribution in [2.75, 3.05) is 5.43 Å². The number of benzene rings is 1. The maximum absolute atomic E-state index is 12.9. The number of hydrogen-bond donors (Lipinski definition) is 2. The summed E-state index contributed by atoms with van der Waals surface area (Å²) in [5.74, 6) is -0.315. The quantitative estimate of drug-likeness (QED) is 0.445. The summed E-state index contributed by atoms with van der Waals surface area (Å²) in [6.45, 7) is 5.86. The van der Waals surface area contributed by atoms with Crippen LogP contribution in [0.1, 0.15) is 25.8 Å². The molecule has 142 valence electrons. The number of carbonyl (C=O) groups excluding carboxylic acids is 1. The minimum absolute atomic E-state index is 0.315. The molecule has 0 aliphatic carbocycles. The predicted molar refractivity (Wildman–Crippen MR) is 112 cm³/mol. The fraction of sp³-hybridized carbons (Fsp3) is 0.150. The lowest BCUT2D eigenvalue weighted by Crippen LogP contribution is -2.29. The Morgan fingerprint density at radius 3 is 2.71 bits per heavy atom. The number of halogens is 1. The average molecular weight is 413 g/mol. The van der Waals surface area contributed by atoms with Crippen molar-refractivity contribution < 1.29 is 9.32 Å². The molecule has 4 aromatic rings. The first-order chi connectivity index (χ1) is 13.4. The van der Waals surface area contributed by atoms with Crippen molar-refractivity contribution >= 4 is 45.6 Å². The molecule has 0 unspecified atom stereocenters. The minimum Gasteiger partial charge on any atom is -0.335 e. The molecule has 8 heteroatoms. The van der Waals surface area contributed by atoms with Gasteiger partial charge in [0, 0.05) is 20.3 Å². The molecule has 0 bridgehead atoms. The molecule has 3 aromatic heterocycles. The molecule has 3 heterocycles. The smallest absolute Gasteiger partial charge is 0.270 e. The average Bonchev–Trinajstić information content (AvgIpc) is 3.20. The van der Waals surface area contributed by atoms with Crippen LogP contribution in [0.4, 0.5) is 5.69 Å². The molecular formula is C20H17ClN4O2S. The first-order valence-electron chi connectivity index (χ1n) is 8.58. The molecule has 0 aliphatic rings. The topological polar surface area (TPSA) is 80.0 Å². The fourth-order valence-corrected chi connectivity index (χ4v) is 4.18. The van der Waals surface area contributed by atoms with Crippen LogP contribution in [0, 0.1) is 20.8 Å². The molecule has 1 aromatic carbocycles. The minimum atomic E-state index is -0.315. The van der Waals surface area contributed by atoms with Gasteiger partial charge in [0.05, 0.1) is 28.0 Å². The van der Waals surface area contributed by atoms with Gasteiger partial charge < -0.3 is 4.52 Å². The maximum Gasteiger partial charge on any atom is 0.270 e. The van der Waals surface area contributed by atoms with Gasteiger partial charge in [-0.05, 0) is 51.1 Å². The van der Waals surface area contributed by atoms with Gasteiger partial charge in [0.25, 0.3) is 11.6 Å². The van der Waals surface area contributed by atoms with Gasteiger partial charge in [-0.1, -0.05) is 22.8 Å². The summed E-state index contributed by atoms with van der Waals surface area (Å²) in [6, 6.07) is 10.9. The molecule has 4 rings (SSSR count). The Labute approximate surface area is 170 Å². The van der Waals surface area contributed by atoms with E-state index in [0.717, 1.165) is 10.4 Å². The van der Waals surface area contributed by atoms with Crippen LogP contribution in [-0.2, 0) is 0 Å². The number of hydrogen-bond acceptors (Lipinski definition) is 6. The molecule has 0 fully saturated rings. The van der Waals surface area contributed by atoms with Crippen LogP contribution < -0.4 is 10.9 Å². The number of aryl methyl sites for hydroxylation is 3. The number of nitrogens with zero attached hydrogens (tertiary/aromatic N) is 2. The van der Waals surface area contributed by atoms with Crippen LogP contribution in [0.15, 0.2) is 40.9 Å². The van der Waals surface area contributed by atoms with Crippen molar-refractivity contribution in [1.29, 1.82) is 0 Å². The van der Waals surface area contributed by atoms with Crippen LogP contribution in [0.3, 0.4) is 0 Å². The molecule has 2 N–H and O–H groups in total. The highest BCUT2D eigenvalue weighted by Gasteiger charge is 2.20. The Hall–Kier alpha value is -2.90. The third kappa shape index (κ3) is 3.46. The first kappa shape index (κ1) is 18.5. The summed E-state index contributed by atoms with van der Waals surface area (Å²) in [5.41, 5.74) is 9.32. The van der Waals surface area contributed by atoms with Crippen molar-refractivity contribution in [2.45, 2.75) is 20.8 Å². The highest BCUT2D eigenvalue weighted by molar-refractivity contribution is 7.12. The molecule has 0 saturated heterocycles. The van der Waals surface area contributed by atoms with Crippen LogP contribution in [0.25, 0.3) is 22.4 Å². The standard InChI is InChI=1S/C20H17ClN4O2S/c1-10-7-15(12(3)28-10)17-9-16(18-11(2)25-27-20(18)22-17)19(26)24-23-14-6-4-5-13(21)8-14/h4-9,23H,1-3H3,(H,24,26). The third-order valence-corrected chi connectivity index (χ3v) is 5.52. The number of carbonyl (C=O) groups is 1. The molecule has 0 spiro atoms. The van der Waals surface area contributed by atoms with E-state index in [2.05, 4.69) is 27.1 Å². The number of amides is 1. The van der Waals surface area contributed by atoms with E-state index in [1.165, 1.54) is 4.88 Å². The van der Waals surface area contributed by atoms with Gasteiger partial charge in [-0.2, -0.15) is 0 Å². The van der Waals surface area contributed by atoms with Crippen molar-refractivity contribution in [3.05, 3.63) is 62.4 Å². The number of pyridine rings is 1. The van der Waals surface area contributed by atoms with E-state index in [1.54, 1.807) is 42.5 Å². The van der Waals surface area contributed by atoms with E-state index in [1.807, 2.05) is 19.9 Å². The van der Waals surface area contributed by atoms with Gasteiger partial charge in [0.1, 0.15) is 0 Å². The molecule has 28 heavy (non-hydrogen) atoms. The van der Waals surface area contributed by atoms with Gasteiger partial charge in [0.15, 0.2) is 0 Å². The summed E-state index contributed by atoms with van der Waals surface area (Å²) in [6.07, 6.45) is 0. The number of rotatable bonds is 4. The van der Waals surface area contributed by atoms with Crippen LogP contribution >= 0.6 is 22.9 Å². The van der Waals surface area contributed by atoms with Crippen LogP contribution in [0.2, 0.25) is 5.02 Å². The molecule has 0 radical (unpaired) electrons. The number of fused-ring (bicyclic) bond motifs is 1. The second kappa shape index (κ2) is 7.26. The molecule has 1 amide bonds. The fourth-order valence-electron chi connectivity index (χ4n) is 3.06. The van der Waals surface area contributed by atoms with Gasteiger partial charge in [-0.3, -0.25) is 15.6 Å². The van der Waals surface area contributed by atoms with Crippen molar-refractivity contribution in [1.82, 2.24) is 15.6 Å². The monoisotopic (exact) mass is 412 g/mol. The zero-order valence-electron chi connectivity index (χ0n) is 15.5. The number of aromatic nitrogens is 2. The maximum atomic E-state index is 12.9. The highest BCUT2D eigenvalue weighted by atomic mass is 35.5. The number of anilines is 1. The number of hydrazine groups is 1. The molecule has 6 nitrogen and oxygen atoms in total. The lowest BCUT2D eigenvalue weighted by atomic mass is 10.1. The Morgan fingerprint density at radius 2 is 2.00 bits per heavy atom. The highest BCUT2D eigenvalue weighted by Crippen LogP contribution is 2.32. The third-order valence-electron chi connectivity index (χ3n) is 4.32. The predicted octanol–water partition coefficient (Wildman–Crippen LogP) is 5.29. The molecule has 0 saturated carbocycles. The molecular weight excluding hydrogens is 396 g/mol. The molecule has 0 aliphatic heterocycles. The van der Waals surface area contributed by atoms with Crippen LogP contribution in [0.5, 0.6) is 0 Å². The van der Waals surface area contributed by atoms with Gasteiger partial charge in [-0.15, -0.1) is 11.3 Å². The lowest BCUT2D eigenvalue weighted by molar-refractivity contribution is 0.0964. The van der Waals surface area contributed by atoms with Crippen molar-refractivity contribution in [3.63, 3.8) is 0 Å². The summed E-state index contributed by atoms with van der Waals surface area (Å²) in [4.78, 5) is 19.8. The van der Waals surface area contributed by atoms with Crippen LogP contribution in [-0.4, -0.2) is 16.0 Å². The van der Waals surface area contributed by atoms with E-state index >= 15 is 0 Å². The normalized spacial score (nSPS) is 11.0.